The van der Waals surface area contributed by atoms with Gasteiger partial charge in [0.25, 0.3) is 0 Å². The molecule has 2 heterocycles. The molecule has 0 aromatic carbocycles. The molecule has 1 N–H and O–H groups in total. The number of hydrogen-bond donors (Lipinski definition) is 1. The van der Waals surface area contributed by atoms with E-state index in [0.717, 1.165) is 18.6 Å². The summed E-state index contributed by atoms with van der Waals surface area (Å²) >= 11 is 0. The Morgan fingerprint density at radius 1 is 1.14 bits per heavy atom. The second-order valence-electron chi connectivity index (χ2n) is 11.3. The number of fused-ring (bicyclic) bond motifs is 6. The summed E-state index contributed by atoms with van der Waals surface area (Å²) in [5, 5.41) is 11.4. The van der Waals surface area contributed by atoms with E-state index in [-0.39, 0.29) is 29.5 Å². The highest BCUT2D eigenvalue weighted by molar-refractivity contribution is 5.32. The van der Waals surface area contributed by atoms with Crippen LogP contribution < -0.4 is 0 Å². The summed E-state index contributed by atoms with van der Waals surface area (Å²) < 4.78 is 25.9. The largest absolute Gasteiger partial charge is 0.501 e. The fourth-order valence-electron chi connectivity index (χ4n) is 7.31. The van der Waals surface area contributed by atoms with E-state index in [1.165, 1.54) is 0 Å². The van der Waals surface area contributed by atoms with E-state index < -0.39 is 28.5 Å². The van der Waals surface area contributed by atoms with Gasteiger partial charge in [-0.05, 0) is 52.0 Å². The van der Waals surface area contributed by atoms with Crippen LogP contribution in [0.25, 0.3) is 0 Å². The molecular weight excluding hydrogens is 368 g/mol. The average Bonchev–Trinajstić information content (AvgIpc) is 2.93. The van der Waals surface area contributed by atoms with Gasteiger partial charge in [-0.25, -0.2) is 0 Å². The van der Waals surface area contributed by atoms with Crippen LogP contribution in [0.5, 0.6) is 0 Å². The van der Waals surface area contributed by atoms with Gasteiger partial charge in [-0.15, -0.1) is 0 Å². The number of aliphatic hydroxyl groups excluding tert-OH is 1. The Balaban J connectivity index is 1.99. The van der Waals surface area contributed by atoms with Crippen molar-refractivity contribution >= 4 is 0 Å². The quantitative estimate of drug-likeness (QED) is 0.697. The first-order chi connectivity index (χ1) is 13.2. The van der Waals surface area contributed by atoms with Crippen LogP contribution in [-0.2, 0) is 18.9 Å². The Morgan fingerprint density at radius 2 is 1.79 bits per heavy atom. The Kier molecular flexibility index (Phi) is 4.48. The summed E-state index contributed by atoms with van der Waals surface area (Å²) in [6.45, 7) is 18.8. The lowest BCUT2D eigenvalue weighted by molar-refractivity contribution is -0.294. The van der Waals surface area contributed by atoms with Gasteiger partial charge in [0.05, 0.1) is 25.2 Å². The minimum Gasteiger partial charge on any atom is -0.501 e. The summed E-state index contributed by atoms with van der Waals surface area (Å²) in [4.78, 5) is 0. The van der Waals surface area contributed by atoms with Gasteiger partial charge in [0, 0.05) is 11.3 Å². The molecule has 0 unspecified atom stereocenters. The van der Waals surface area contributed by atoms with Gasteiger partial charge in [-0.3, -0.25) is 0 Å². The Labute approximate surface area is 175 Å². The number of hydrogen-bond acceptors (Lipinski definition) is 5. The molecule has 5 nitrogen and oxygen atoms in total. The summed E-state index contributed by atoms with van der Waals surface area (Å²) in [6.07, 6.45) is 4.60. The summed E-state index contributed by atoms with van der Waals surface area (Å²) in [6, 6.07) is 0. The first-order valence-electron chi connectivity index (χ1n) is 10.9. The normalized spacial score (nSPS) is 52.6. The number of aliphatic hydroxyl groups is 1. The lowest BCUT2D eigenvalue weighted by Crippen LogP contribution is -2.74. The number of rotatable bonds is 2. The topological polar surface area (TPSA) is 57.2 Å². The molecule has 0 aromatic rings. The van der Waals surface area contributed by atoms with Crippen molar-refractivity contribution < 1.29 is 24.1 Å². The monoisotopic (exact) mass is 406 g/mol. The van der Waals surface area contributed by atoms with E-state index in [4.69, 9.17) is 18.9 Å². The third-order valence-electron chi connectivity index (χ3n) is 8.30. The zero-order chi connectivity index (χ0) is 21.6. The molecule has 4 rings (SSSR count). The number of methoxy groups -OCH3 is 1. The summed E-state index contributed by atoms with van der Waals surface area (Å²) in [7, 11) is 1.71. The highest BCUT2D eigenvalue weighted by atomic mass is 16.8. The van der Waals surface area contributed by atoms with Crippen molar-refractivity contribution in [2.24, 2.45) is 22.7 Å². The highest BCUT2D eigenvalue weighted by Gasteiger charge is 2.75. The number of ether oxygens (including phenoxy) is 4. The molecule has 2 aliphatic heterocycles. The molecule has 8 atom stereocenters. The molecule has 3 fully saturated rings. The van der Waals surface area contributed by atoms with Crippen molar-refractivity contribution in [2.45, 2.75) is 96.6 Å². The fraction of sp³-hybridized carbons (Fsp3) is 0.833. The van der Waals surface area contributed by atoms with Crippen molar-refractivity contribution in [2.75, 3.05) is 7.11 Å². The molecule has 0 spiro atoms. The minimum atomic E-state index is -0.735. The molecule has 0 aromatic heterocycles. The van der Waals surface area contributed by atoms with E-state index >= 15 is 0 Å². The van der Waals surface area contributed by atoms with Gasteiger partial charge in [0.15, 0.2) is 5.79 Å². The van der Waals surface area contributed by atoms with Gasteiger partial charge >= 0.3 is 0 Å². The van der Waals surface area contributed by atoms with Crippen LogP contribution in [0.4, 0.5) is 0 Å². The maximum atomic E-state index is 11.4. The van der Waals surface area contributed by atoms with Crippen molar-refractivity contribution in [3.8, 4) is 0 Å². The third kappa shape index (κ3) is 2.73. The van der Waals surface area contributed by atoms with Crippen LogP contribution in [0.3, 0.4) is 0 Å². The van der Waals surface area contributed by atoms with Crippen molar-refractivity contribution in [1.82, 2.24) is 0 Å². The molecule has 0 amide bonds. The second kappa shape index (κ2) is 6.09. The first kappa shape index (κ1) is 21.4. The standard InChI is InChI=1S/C24H38O5/c1-10-22(6)13-14(26-9)17-23(7)15(25)11-12-20(2,3)18(23)16-19(24(17,8)29-22)28-21(4,5)27-16/h10,13,15-19,25H,1,11-12H2,2-9H3/t15-,16-,17+,18-,19-,22-,23+,24-/m0/s1. The molecule has 0 radical (unpaired) electrons. The van der Waals surface area contributed by atoms with Gasteiger partial charge in [0.2, 0.25) is 0 Å². The van der Waals surface area contributed by atoms with E-state index in [9.17, 15) is 5.11 Å². The smallest absolute Gasteiger partial charge is 0.163 e. The van der Waals surface area contributed by atoms with E-state index in [2.05, 4.69) is 34.3 Å². The lowest BCUT2D eigenvalue weighted by Gasteiger charge is -2.67. The predicted octanol–water partition coefficient (Wildman–Crippen LogP) is 4.20. The first-order valence-corrected chi connectivity index (χ1v) is 10.9. The van der Waals surface area contributed by atoms with Crippen LogP contribution in [0.15, 0.2) is 24.5 Å². The van der Waals surface area contributed by atoms with E-state index in [1.54, 1.807) is 13.2 Å². The molecule has 2 saturated carbocycles. The molecule has 1 saturated heterocycles. The average molecular weight is 407 g/mol. The second-order valence-corrected chi connectivity index (χ2v) is 11.3. The van der Waals surface area contributed by atoms with Crippen LogP contribution in [0.1, 0.15) is 61.3 Å². The van der Waals surface area contributed by atoms with Gasteiger partial charge in [-0.1, -0.05) is 33.4 Å². The summed E-state index contributed by atoms with van der Waals surface area (Å²) in [5.74, 6) is 0.0666. The zero-order valence-electron chi connectivity index (χ0n) is 19.2. The molecule has 2 aliphatic carbocycles. The summed E-state index contributed by atoms with van der Waals surface area (Å²) in [5.41, 5.74) is -1.91. The zero-order valence-corrected chi connectivity index (χ0v) is 19.2. The Morgan fingerprint density at radius 3 is 2.38 bits per heavy atom. The van der Waals surface area contributed by atoms with E-state index in [0.29, 0.717) is 0 Å². The van der Waals surface area contributed by atoms with Crippen molar-refractivity contribution in [1.29, 1.82) is 0 Å². The fourth-order valence-corrected chi connectivity index (χ4v) is 7.31. The van der Waals surface area contributed by atoms with Crippen molar-refractivity contribution in [3.63, 3.8) is 0 Å². The molecular formula is C24H38O5. The third-order valence-corrected chi connectivity index (χ3v) is 8.30. The SMILES string of the molecule is C=C[C@@]1(C)C=C(OC)[C@H]2[C@](C)(O1)[C@H]1OC(C)(C)O[C@H]1[C@H]1C(C)(C)CC[C@H](O)[C@@]12C. The maximum Gasteiger partial charge on any atom is 0.163 e. The Bertz CT molecular complexity index is 742. The molecule has 29 heavy (non-hydrogen) atoms. The molecule has 4 aliphatic rings. The molecule has 5 heteroatoms. The predicted molar refractivity (Wildman–Crippen MR) is 111 cm³/mol. The van der Waals surface area contributed by atoms with Crippen LogP contribution in [-0.4, -0.2) is 47.5 Å². The van der Waals surface area contributed by atoms with Crippen molar-refractivity contribution in [3.05, 3.63) is 24.5 Å². The maximum absolute atomic E-state index is 11.4. The van der Waals surface area contributed by atoms with Gasteiger partial charge in [-0.2, -0.15) is 0 Å². The highest BCUT2D eigenvalue weighted by Crippen LogP contribution is 2.68. The van der Waals surface area contributed by atoms with Gasteiger partial charge < -0.3 is 24.1 Å². The Hall–Kier alpha value is -0.880. The van der Waals surface area contributed by atoms with Gasteiger partial charge in [0.1, 0.15) is 23.1 Å². The lowest BCUT2D eigenvalue weighted by atomic mass is 9.42. The van der Waals surface area contributed by atoms with E-state index in [1.807, 2.05) is 26.8 Å². The molecule has 164 valence electrons. The minimum absolute atomic E-state index is 0.0138. The van der Waals surface area contributed by atoms with Crippen LogP contribution >= 0.6 is 0 Å². The van der Waals surface area contributed by atoms with Crippen LogP contribution in [0.2, 0.25) is 0 Å². The molecule has 0 bridgehead atoms. The van der Waals surface area contributed by atoms with Crippen LogP contribution in [0, 0.1) is 22.7 Å².